The van der Waals surface area contributed by atoms with Gasteiger partial charge < -0.3 is 10.1 Å². The van der Waals surface area contributed by atoms with Crippen LogP contribution in [0.1, 0.15) is 41.5 Å². The average molecular weight is 292 g/mol. The Morgan fingerprint density at radius 1 is 1.43 bits per heavy atom. The Kier molecular flexibility index (Phi) is 3.82. The second-order valence-corrected chi connectivity index (χ2v) is 7.18. The maximum atomic E-state index is 11.9. The summed E-state index contributed by atoms with van der Waals surface area (Å²) in [4.78, 5) is 22.1. The number of ether oxygens (including phenoxy) is 1. The van der Waals surface area contributed by atoms with Crippen molar-refractivity contribution < 1.29 is 9.53 Å². The average Bonchev–Trinajstić information content (AvgIpc) is 2.62. The first-order valence-corrected chi connectivity index (χ1v) is 7.19. The maximum Gasteiger partial charge on any atom is 0.416 e. The van der Waals surface area contributed by atoms with Gasteiger partial charge in [-0.1, -0.05) is 20.8 Å². The summed E-state index contributed by atoms with van der Waals surface area (Å²) in [7, 11) is 0. The van der Waals surface area contributed by atoms with Crippen molar-refractivity contribution in [1.82, 2.24) is 9.97 Å². The van der Waals surface area contributed by atoms with Gasteiger partial charge in [0.25, 0.3) is 0 Å². The molecule has 1 atom stereocenters. The number of carbonyl (C=O) groups excluding carboxylic acids is 1. The van der Waals surface area contributed by atoms with E-state index in [9.17, 15) is 4.79 Å². The molecule has 6 heteroatoms. The number of nitrogens with zero attached hydrogens (tertiary/aromatic N) is 3. The fraction of sp³-hybridized carbons (Fsp3) is 0.667. The standard InChI is InChI=1S/C15H24N4O2/c1-10(14(2,3)4)17-12-16-8-7-11(18-12)19-9-15(5,6)21-13(19)20/h7-8,10H,9H2,1-6H3,(H,16,17,18)/t10-/m0/s1. The summed E-state index contributed by atoms with van der Waals surface area (Å²) < 4.78 is 5.30. The van der Waals surface area contributed by atoms with Crippen LogP contribution in [0.2, 0.25) is 0 Å². The van der Waals surface area contributed by atoms with Crippen LogP contribution in [0.15, 0.2) is 12.3 Å². The van der Waals surface area contributed by atoms with Crippen LogP contribution in [0.5, 0.6) is 0 Å². The molecule has 1 aromatic heterocycles. The molecule has 0 spiro atoms. The van der Waals surface area contributed by atoms with E-state index in [2.05, 4.69) is 43.0 Å². The number of aromatic nitrogens is 2. The molecule has 1 aromatic rings. The third-order valence-corrected chi connectivity index (χ3v) is 3.68. The molecule has 0 saturated carbocycles. The van der Waals surface area contributed by atoms with E-state index in [1.54, 1.807) is 12.3 Å². The number of cyclic esters (lactones) is 1. The minimum Gasteiger partial charge on any atom is -0.441 e. The van der Waals surface area contributed by atoms with Crippen molar-refractivity contribution in [3.05, 3.63) is 12.3 Å². The molecular weight excluding hydrogens is 268 g/mol. The Hall–Kier alpha value is -1.85. The lowest BCUT2D eigenvalue weighted by atomic mass is 9.88. The third kappa shape index (κ3) is 3.62. The quantitative estimate of drug-likeness (QED) is 0.927. The van der Waals surface area contributed by atoms with E-state index < -0.39 is 5.60 Å². The van der Waals surface area contributed by atoms with Crippen LogP contribution in [0.4, 0.5) is 16.6 Å². The van der Waals surface area contributed by atoms with Gasteiger partial charge in [-0.2, -0.15) is 4.98 Å². The summed E-state index contributed by atoms with van der Waals surface area (Å²) in [5.41, 5.74) is -0.401. The third-order valence-electron chi connectivity index (χ3n) is 3.68. The summed E-state index contributed by atoms with van der Waals surface area (Å²) >= 11 is 0. The minimum atomic E-state index is -0.492. The second-order valence-electron chi connectivity index (χ2n) is 7.18. The van der Waals surface area contributed by atoms with Gasteiger partial charge in [0.1, 0.15) is 11.4 Å². The first-order chi connectivity index (χ1) is 9.58. The van der Waals surface area contributed by atoms with Gasteiger partial charge in [0.05, 0.1) is 6.54 Å². The molecule has 2 rings (SSSR count). The molecule has 1 fully saturated rings. The molecule has 0 unspecified atom stereocenters. The molecule has 1 saturated heterocycles. The fourth-order valence-electron chi connectivity index (χ4n) is 1.92. The largest absolute Gasteiger partial charge is 0.441 e. The first-order valence-electron chi connectivity index (χ1n) is 7.19. The zero-order valence-electron chi connectivity index (χ0n) is 13.6. The van der Waals surface area contributed by atoms with Crippen molar-refractivity contribution in [1.29, 1.82) is 0 Å². The van der Waals surface area contributed by atoms with Gasteiger partial charge in [0.15, 0.2) is 0 Å². The second kappa shape index (κ2) is 5.16. The van der Waals surface area contributed by atoms with E-state index in [0.717, 1.165) is 0 Å². The van der Waals surface area contributed by atoms with Gasteiger partial charge in [-0.05, 0) is 32.3 Å². The van der Waals surface area contributed by atoms with Crippen molar-refractivity contribution >= 4 is 17.9 Å². The lowest BCUT2D eigenvalue weighted by molar-refractivity contribution is 0.0871. The topological polar surface area (TPSA) is 67.3 Å². The summed E-state index contributed by atoms with van der Waals surface area (Å²) in [6.45, 7) is 12.8. The molecule has 0 aromatic carbocycles. The van der Waals surface area contributed by atoms with Crippen LogP contribution in [0.3, 0.4) is 0 Å². The molecule has 1 N–H and O–H groups in total. The van der Waals surface area contributed by atoms with Gasteiger partial charge in [0.2, 0.25) is 5.95 Å². The Morgan fingerprint density at radius 2 is 2.10 bits per heavy atom. The van der Waals surface area contributed by atoms with E-state index in [1.165, 1.54) is 4.90 Å². The number of carbonyl (C=O) groups is 1. The highest BCUT2D eigenvalue weighted by atomic mass is 16.6. The van der Waals surface area contributed by atoms with Gasteiger partial charge in [-0.25, -0.2) is 9.78 Å². The number of hydrogen-bond donors (Lipinski definition) is 1. The zero-order valence-corrected chi connectivity index (χ0v) is 13.6. The minimum absolute atomic E-state index is 0.0912. The van der Waals surface area contributed by atoms with Crippen LogP contribution >= 0.6 is 0 Å². The van der Waals surface area contributed by atoms with E-state index in [1.807, 2.05) is 13.8 Å². The predicted octanol–water partition coefficient (Wildman–Crippen LogP) is 3.06. The van der Waals surface area contributed by atoms with E-state index in [4.69, 9.17) is 4.74 Å². The van der Waals surface area contributed by atoms with Crippen molar-refractivity contribution in [2.24, 2.45) is 5.41 Å². The summed E-state index contributed by atoms with van der Waals surface area (Å²) in [5, 5.41) is 3.28. The fourth-order valence-corrected chi connectivity index (χ4v) is 1.92. The van der Waals surface area contributed by atoms with Gasteiger partial charge in [-0.15, -0.1) is 0 Å². The normalized spacial score (nSPS) is 19.3. The Balaban J connectivity index is 2.17. The molecule has 21 heavy (non-hydrogen) atoms. The van der Waals surface area contributed by atoms with Crippen LogP contribution in [0.25, 0.3) is 0 Å². The van der Waals surface area contributed by atoms with Crippen LogP contribution in [0, 0.1) is 5.41 Å². The van der Waals surface area contributed by atoms with Crippen LogP contribution in [-0.2, 0) is 4.74 Å². The Bertz CT molecular complexity index is 537. The number of anilines is 2. The number of amides is 1. The van der Waals surface area contributed by atoms with Gasteiger partial charge in [-0.3, -0.25) is 4.90 Å². The molecule has 1 aliphatic heterocycles. The SMILES string of the molecule is C[C@H](Nc1nccc(N2CC(C)(C)OC2=O)n1)C(C)(C)C. The molecule has 2 heterocycles. The van der Waals surface area contributed by atoms with E-state index in [-0.39, 0.29) is 17.6 Å². The summed E-state index contributed by atoms with van der Waals surface area (Å²) in [6.07, 6.45) is 1.28. The number of nitrogens with one attached hydrogen (secondary N) is 1. The van der Waals surface area contributed by atoms with Crippen molar-refractivity contribution in [3.8, 4) is 0 Å². The van der Waals surface area contributed by atoms with E-state index >= 15 is 0 Å². The van der Waals surface area contributed by atoms with Crippen LogP contribution in [-0.4, -0.2) is 34.2 Å². The van der Waals surface area contributed by atoms with E-state index in [0.29, 0.717) is 18.3 Å². The predicted molar refractivity (Wildman–Crippen MR) is 82.5 cm³/mol. The lowest BCUT2D eigenvalue weighted by Gasteiger charge is -2.28. The molecule has 1 aliphatic rings. The van der Waals surface area contributed by atoms with Gasteiger partial charge in [0, 0.05) is 12.2 Å². The maximum absolute atomic E-state index is 11.9. The molecule has 116 valence electrons. The molecule has 0 aliphatic carbocycles. The smallest absolute Gasteiger partial charge is 0.416 e. The van der Waals surface area contributed by atoms with Gasteiger partial charge >= 0.3 is 6.09 Å². The number of hydrogen-bond acceptors (Lipinski definition) is 5. The first kappa shape index (κ1) is 15.5. The Labute approximate surface area is 125 Å². The Morgan fingerprint density at radius 3 is 2.62 bits per heavy atom. The zero-order chi connectivity index (χ0) is 15.8. The molecular formula is C15H24N4O2. The van der Waals surface area contributed by atoms with Crippen molar-refractivity contribution in [2.45, 2.75) is 53.2 Å². The van der Waals surface area contributed by atoms with Crippen molar-refractivity contribution in [2.75, 3.05) is 16.8 Å². The molecule has 0 radical (unpaired) electrons. The summed E-state index contributed by atoms with van der Waals surface area (Å²) in [5.74, 6) is 1.08. The highest BCUT2D eigenvalue weighted by Gasteiger charge is 2.39. The highest BCUT2D eigenvalue weighted by Crippen LogP contribution is 2.27. The van der Waals surface area contributed by atoms with Crippen molar-refractivity contribution in [3.63, 3.8) is 0 Å². The molecule has 1 amide bonds. The monoisotopic (exact) mass is 292 g/mol. The molecule has 0 bridgehead atoms. The lowest BCUT2D eigenvalue weighted by Crippen LogP contribution is -2.32. The molecule has 6 nitrogen and oxygen atoms in total. The van der Waals surface area contributed by atoms with Crippen LogP contribution < -0.4 is 10.2 Å². The highest BCUT2D eigenvalue weighted by molar-refractivity contribution is 5.89. The summed E-state index contributed by atoms with van der Waals surface area (Å²) in [6, 6.07) is 1.92. The number of rotatable bonds is 3.